The van der Waals surface area contributed by atoms with Gasteiger partial charge >= 0.3 is 0 Å². The summed E-state index contributed by atoms with van der Waals surface area (Å²) in [6.45, 7) is 0.971. The summed E-state index contributed by atoms with van der Waals surface area (Å²) in [5.74, 6) is 1.05. The van der Waals surface area contributed by atoms with Gasteiger partial charge in [0, 0.05) is 31.3 Å². The summed E-state index contributed by atoms with van der Waals surface area (Å²) in [5.41, 5.74) is 6.25. The van der Waals surface area contributed by atoms with Gasteiger partial charge in [-0.05, 0) is 46.7 Å². The number of carbonyl (C=O) groups excluding carboxylic acids is 1. The van der Waals surface area contributed by atoms with Crippen LogP contribution in [0.3, 0.4) is 0 Å². The highest BCUT2D eigenvalue weighted by atomic mass is 16.1. The predicted octanol–water partition coefficient (Wildman–Crippen LogP) is 4.20. The molecular weight excluding hydrogens is 410 g/mol. The molecule has 33 heavy (non-hydrogen) atoms. The lowest BCUT2D eigenvalue weighted by Crippen LogP contribution is -2.39. The third kappa shape index (κ3) is 3.35. The van der Waals surface area contributed by atoms with Crippen molar-refractivity contribution in [2.24, 2.45) is 5.92 Å². The minimum absolute atomic E-state index is 0.0296. The Labute approximate surface area is 192 Å². The molecule has 3 aliphatic carbocycles. The van der Waals surface area contributed by atoms with Crippen LogP contribution >= 0.6 is 0 Å². The SMILES string of the molecule is O=C(CCn1cnc2ccccc2c1=O)NCC1CC2c3ccccc3C1c1ccccc12. The minimum atomic E-state index is -0.105. The Hall–Kier alpha value is -3.73. The molecule has 0 spiro atoms. The van der Waals surface area contributed by atoms with Gasteiger partial charge in [-0.3, -0.25) is 14.2 Å². The zero-order chi connectivity index (χ0) is 22.4. The molecule has 3 aromatic carbocycles. The largest absolute Gasteiger partial charge is 0.356 e. The van der Waals surface area contributed by atoms with E-state index in [0.29, 0.717) is 41.7 Å². The molecule has 1 aromatic heterocycles. The molecule has 0 aliphatic heterocycles. The van der Waals surface area contributed by atoms with E-state index < -0.39 is 0 Å². The number of carbonyl (C=O) groups is 1. The Morgan fingerprint density at radius 1 is 0.909 bits per heavy atom. The molecule has 1 atom stereocenters. The highest BCUT2D eigenvalue weighted by Crippen LogP contribution is 2.55. The van der Waals surface area contributed by atoms with Crippen LogP contribution in [0.4, 0.5) is 0 Å². The van der Waals surface area contributed by atoms with Crippen LogP contribution in [0.25, 0.3) is 10.9 Å². The Morgan fingerprint density at radius 3 is 2.27 bits per heavy atom. The number of nitrogens with one attached hydrogen (secondary N) is 1. The summed E-state index contributed by atoms with van der Waals surface area (Å²) in [4.78, 5) is 29.7. The first kappa shape index (κ1) is 19.9. The van der Waals surface area contributed by atoms with E-state index in [9.17, 15) is 9.59 Å². The van der Waals surface area contributed by atoms with Gasteiger partial charge in [-0.2, -0.15) is 0 Å². The van der Waals surface area contributed by atoms with Crippen LogP contribution in [-0.2, 0) is 11.3 Å². The molecule has 1 amide bonds. The van der Waals surface area contributed by atoms with E-state index in [2.05, 4.69) is 58.8 Å². The molecule has 0 saturated heterocycles. The molecule has 1 unspecified atom stereocenters. The number of para-hydroxylation sites is 1. The fourth-order valence-electron chi connectivity index (χ4n) is 5.78. The number of rotatable bonds is 5. The van der Waals surface area contributed by atoms with Crippen LogP contribution in [0.15, 0.2) is 83.9 Å². The summed E-state index contributed by atoms with van der Waals surface area (Å²) in [6, 6.07) is 24.8. The normalized spacial score (nSPS) is 20.3. The summed E-state index contributed by atoms with van der Waals surface area (Å²) in [6.07, 6.45) is 2.84. The van der Waals surface area contributed by atoms with Gasteiger partial charge in [-0.1, -0.05) is 60.7 Å². The van der Waals surface area contributed by atoms with Gasteiger partial charge in [0.05, 0.1) is 17.2 Å². The van der Waals surface area contributed by atoms with Crippen molar-refractivity contribution in [3.8, 4) is 0 Å². The fourth-order valence-corrected chi connectivity index (χ4v) is 5.78. The van der Waals surface area contributed by atoms with Crippen LogP contribution in [0.5, 0.6) is 0 Å². The van der Waals surface area contributed by atoms with Gasteiger partial charge in [0.15, 0.2) is 0 Å². The monoisotopic (exact) mass is 435 g/mol. The first-order valence-corrected chi connectivity index (χ1v) is 11.6. The number of benzene rings is 3. The van der Waals surface area contributed by atoms with Crippen molar-refractivity contribution >= 4 is 16.8 Å². The van der Waals surface area contributed by atoms with E-state index in [1.807, 2.05) is 18.2 Å². The average molecular weight is 436 g/mol. The van der Waals surface area contributed by atoms with Gasteiger partial charge in [0.2, 0.25) is 5.91 Å². The molecule has 4 aromatic rings. The molecule has 0 saturated carbocycles. The summed E-state index contributed by atoms with van der Waals surface area (Å²) in [5, 5.41) is 3.73. The zero-order valence-electron chi connectivity index (χ0n) is 18.3. The van der Waals surface area contributed by atoms with Crippen molar-refractivity contribution in [2.75, 3.05) is 6.54 Å². The fraction of sp³-hybridized carbons (Fsp3) is 0.250. The molecule has 1 heterocycles. The lowest BCUT2D eigenvalue weighted by atomic mass is 9.59. The number of nitrogens with zero attached hydrogens (tertiary/aromatic N) is 2. The quantitative estimate of drug-likeness (QED) is 0.511. The topological polar surface area (TPSA) is 64.0 Å². The number of aryl methyl sites for hydroxylation is 1. The molecule has 0 radical (unpaired) electrons. The summed E-state index contributed by atoms with van der Waals surface area (Å²) < 4.78 is 1.52. The molecule has 5 heteroatoms. The first-order valence-electron chi connectivity index (χ1n) is 11.6. The maximum absolute atomic E-state index is 12.7. The Morgan fingerprint density at radius 2 is 1.55 bits per heavy atom. The molecule has 0 fully saturated rings. The van der Waals surface area contributed by atoms with Crippen molar-refractivity contribution in [2.45, 2.75) is 31.2 Å². The van der Waals surface area contributed by atoms with Gasteiger partial charge in [0.1, 0.15) is 0 Å². The van der Waals surface area contributed by atoms with Crippen molar-refractivity contribution in [3.05, 3.63) is 112 Å². The molecule has 7 rings (SSSR count). The average Bonchev–Trinajstić information content (AvgIpc) is 2.87. The van der Waals surface area contributed by atoms with Crippen molar-refractivity contribution in [1.82, 2.24) is 14.9 Å². The number of amides is 1. The number of hydrogen-bond acceptors (Lipinski definition) is 3. The predicted molar refractivity (Wildman–Crippen MR) is 128 cm³/mol. The van der Waals surface area contributed by atoms with Crippen LogP contribution in [-0.4, -0.2) is 22.0 Å². The Bertz CT molecular complexity index is 1380. The standard InChI is InChI=1S/C28H25N3O2/c32-26(13-14-31-17-30-25-12-6-5-11-23(25)28(31)33)29-16-18-15-24-19-7-1-3-9-21(19)27(18)22-10-4-2-8-20(22)24/h1-12,17-18,24,27H,13-16H2,(H,29,32). The second-order valence-corrected chi connectivity index (χ2v) is 9.10. The van der Waals surface area contributed by atoms with E-state index >= 15 is 0 Å². The van der Waals surface area contributed by atoms with Crippen molar-refractivity contribution in [1.29, 1.82) is 0 Å². The molecule has 164 valence electrons. The number of aromatic nitrogens is 2. The maximum atomic E-state index is 12.7. The van der Waals surface area contributed by atoms with Crippen LogP contribution < -0.4 is 10.9 Å². The van der Waals surface area contributed by atoms with Crippen LogP contribution in [0, 0.1) is 5.92 Å². The number of fused-ring (bicyclic) bond motifs is 2. The van der Waals surface area contributed by atoms with Crippen LogP contribution in [0.1, 0.15) is 46.9 Å². The van der Waals surface area contributed by atoms with Gasteiger partial charge in [-0.25, -0.2) is 4.98 Å². The second kappa shape index (κ2) is 8.00. The van der Waals surface area contributed by atoms with Gasteiger partial charge < -0.3 is 5.32 Å². The third-order valence-corrected chi connectivity index (χ3v) is 7.30. The first-order chi connectivity index (χ1) is 16.2. The lowest BCUT2D eigenvalue weighted by Gasteiger charge is -2.45. The molecule has 1 N–H and O–H groups in total. The smallest absolute Gasteiger partial charge is 0.261 e. The van der Waals surface area contributed by atoms with E-state index in [1.165, 1.54) is 33.1 Å². The van der Waals surface area contributed by atoms with Crippen LogP contribution in [0.2, 0.25) is 0 Å². The molecule has 5 nitrogen and oxygen atoms in total. The summed E-state index contributed by atoms with van der Waals surface area (Å²) >= 11 is 0. The van der Waals surface area contributed by atoms with Crippen molar-refractivity contribution in [3.63, 3.8) is 0 Å². The number of hydrogen-bond donors (Lipinski definition) is 1. The Kier molecular flexibility index (Phi) is 4.83. The van der Waals surface area contributed by atoms with E-state index in [1.54, 1.807) is 6.07 Å². The molecule has 2 bridgehead atoms. The minimum Gasteiger partial charge on any atom is -0.356 e. The third-order valence-electron chi connectivity index (χ3n) is 7.30. The highest BCUT2D eigenvalue weighted by Gasteiger charge is 2.42. The van der Waals surface area contributed by atoms with E-state index in [4.69, 9.17) is 0 Å². The Balaban J connectivity index is 1.15. The summed E-state index contributed by atoms with van der Waals surface area (Å²) in [7, 11) is 0. The van der Waals surface area contributed by atoms with Crippen molar-refractivity contribution < 1.29 is 4.79 Å². The second-order valence-electron chi connectivity index (χ2n) is 9.10. The van der Waals surface area contributed by atoms with E-state index in [-0.39, 0.29) is 17.9 Å². The molecule has 3 aliphatic rings. The maximum Gasteiger partial charge on any atom is 0.261 e. The molecular formula is C28H25N3O2. The zero-order valence-corrected chi connectivity index (χ0v) is 18.3. The van der Waals surface area contributed by atoms with E-state index in [0.717, 1.165) is 6.42 Å². The van der Waals surface area contributed by atoms with Gasteiger partial charge in [-0.15, -0.1) is 0 Å². The highest BCUT2D eigenvalue weighted by molar-refractivity contribution is 5.77. The lowest BCUT2D eigenvalue weighted by molar-refractivity contribution is -0.121. The van der Waals surface area contributed by atoms with Gasteiger partial charge in [0.25, 0.3) is 5.56 Å².